The molecule has 0 bridgehead atoms. The Labute approximate surface area is 197 Å². The first kappa shape index (κ1) is 24.7. The number of para-hydroxylation sites is 1. The topological polar surface area (TPSA) is 66.4 Å². The number of guanidine groups is 1. The molecule has 0 radical (unpaired) electrons. The van der Waals surface area contributed by atoms with Crippen molar-refractivity contribution in [2.24, 2.45) is 4.99 Å². The number of nitrogens with one attached hydrogen (secondary N) is 1. The summed E-state index contributed by atoms with van der Waals surface area (Å²) >= 11 is 0. The summed E-state index contributed by atoms with van der Waals surface area (Å²) in [6, 6.07) is 8.04. The highest BCUT2D eigenvalue weighted by molar-refractivity contribution is 14.0. The SMILES string of the molecule is CCNC(=NCC(C)Oc1ccccc1C)N1CCN(C(=O)C2CCCO2)CC1.I. The second-order valence-electron chi connectivity index (χ2n) is 7.70. The Morgan fingerprint density at radius 2 is 1.97 bits per heavy atom. The highest BCUT2D eigenvalue weighted by atomic mass is 127. The molecule has 2 heterocycles. The van der Waals surface area contributed by atoms with Crippen LogP contribution >= 0.6 is 24.0 Å². The Morgan fingerprint density at radius 3 is 2.60 bits per heavy atom. The number of ether oxygens (including phenoxy) is 2. The van der Waals surface area contributed by atoms with E-state index in [9.17, 15) is 4.79 Å². The van der Waals surface area contributed by atoms with Gasteiger partial charge < -0.3 is 24.6 Å². The first-order valence-electron chi connectivity index (χ1n) is 10.7. The van der Waals surface area contributed by atoms with E-state index in [-0.39, 0.29) is 42.1 Å². The predicted octanol–water partition coefficient (Wildman–Crippen LogP) is 2.67. The Balaban J connectivity index is 0.00000320. The summed E-state index contributed by atoms with van der Waals surface area (Å²) in [4.78, 5) is 21.5. The van der Waals surface area contributed by atoms with Crippen LogP contribution in [0.25, 0.3) is 0 Å². The van der Waals surface area contributed by atoms with Crippen LogP contribution in [0, 0.1) is 6.92 Å². The molecule has 0 saturated carbocycles. The van der Waals surface area contributed by atoms with Crippen molar-refractivity contribution in [2.75, 3.05) is 45.9 Å². The summed E-state index contributed by atoms with van der Waals surface area (Å²) in [7, 11) is 0. The van der Waals surface area contributed by atoms with Crippen LogP contribution < -0.4 is 10.1 Å². The summed E-state index contributed by atoms with van der Waals surface area (Å²) in [5, 5.41) is 3.37. The third kappa shape index (κ3) is 6.73. The number of rotatable bonds is 6. The van der Waals surface area contributed by atoms with E-state index in [2.05, 4.69) is 17.1 Å². The Kier molecular flexibility index (Phi) is 10.2. The summed E-state index contributed by atoms with van der Waals surface area (Å²) in [6.07, 6.45) is 1.58. The Bertz CT molecular complexity index is 701. The molecule has 168 valence electrons. The predicted molar refractivity (Wildman–Crippen MR) is 130 cm³/mol. The fourth-order valence-electron chi connectivity index (χ4n) is 3.70. The number of hydrogen-bond acceptors (Lipinski definition) is 4. The van der Waals surface area contributed by atoms with Gasteiger partial charge >= 0.3 is 0 Å². The van der Waals surface area contributed by atoms with Gasteiger partial charge in [0.2, 0.25) is 0 Å². The zero-order chi connectivity index (χ0) is 20.6. The van der Waals surface area contributed by atoms with Gasteiger partial charge in [-0.3, -0.25) is 4.79 Å². The molecule has 2 saturated heterocycles. The molecule has 0 aromatic heterocycles. The van der Waals surface area contributed by atoms with Gasteiger partial charge in [0.05, 0.1) is 6.54 Å². The molecule has 0 spiro atoms. The van der Waals surface area contributed by atoms with Crippen LogP contribution in [0.1, 0.15) is 32.3 Å². The van der Waals surface area contributed by atoms with Crippen molar-refractivity contribution in [3.05, 3.63) is 29.8 Å². The molecule has 2 unspecified atom stereocenters. The molecular formula is C22H35IN4O3. The van der Waals surface area contributed by atoms with Crippen molar-refractivity contribution in [1.82, 2.24) is 15.1 Å². The largest absolute Gasteiger partial charge is 0.489 e. The van der Waals surface area contributed by atoms with E-state index in [1.807, 2.05) is 43.0 Å². The lowest BCUT2D eigenvalue weighted by molar-refractivity contribution is -0.142. The normalized spacial score (nSPS) is 20.5. The van der Waals surface area contributed by atoms with Crippen molar-refractivity contribution in [1.29, 1.82) is 0 Å². The molecule has 3 rings (SSSR count). The zero-order valence-corrected chi connectivity index (χ0v) is 20.6. The molecular weight excluding hydrogens is 495 g/mol. The lowest BCUT2D eigenvalue weighted by Crippen LogP contribution is -2.55. The van der Waals surface area contributed by atoms with E-state index in [1.54, 1.807) is 0 Å². The van der Waals surface area contributed by atoms with E-state index in [1.165, 1.54) is 0 Å². The monoisotopic (exact) mass is 530 g/mol. The number of carbonyl (C=O) groups excluding carboxylic acids is 1. The molecule has 8 heteroatoms. The molecule has 2 aliphatic heterocycles. The summed E-state index contributed by atoms with van der Waals surface area (Å²) < 4.78 is 11.6. The van der Waals surface area contributed by atoms with Crippen LogP contribution in [-0.2, 0) is 9.53 Å². The van der Waals surface area contributed by atoms with E-state index in [0.29, 0.717) is 26.2 Å². The molecule has 1 aromatic rings. The molecule has 30 heavy (non-hydrogen) atoms. The second-order valence-corrected chi connectivity index (χ2v) is 7.70. The van der Waals surface area contributed by atoms with Gasteiger partial charge in [0, 0.05) is 39.3 Å². The maximum absolute atomic E-state index is 12.5. The number of halogens is 1. The second kappa shape index (κ2) is 12.3. The molecule has 2 fully saturated rings. The maximum Gasteiger partial charge on any atom is 0.251 e. The zero-order valence-electron chi connectivity index (χ0n) is 18.3. The van der Waals surface area contributed by atoms with E-state index in [4.69, 9.17) is 14.5 Å². The minimum absolute atomic E-state index is 0. The van der Waals surface area contributed by atoms with Crippen molar-refractivity contribution in [3.8, 4) is 5.75 Å². The lowest BCUT2D eigenvalue weighted by Gasteiger charge is -2.37. The van der Waals surface area contributed by atoms with E-state index < -0.39 is 0 Å². The minimum Gasteiger partial charge on any atom is -0.489 e. The standard InChI is InChI=1S/C22H34N4O3.HI/c1-4-23-22(24-16-18(3)29-19-9-6-5-8-17(19)2)26-13-11-25(12-14-26)21(27)20-10-7-15-28-20;/h5-6,8-9,18,20H,4,7,10-16H2,1-3H3,(H,23,24);1H. The number of piperazine rings is 1. The average Bonchev–Trinajstić information content (AvgIpc) is 3.27. The van der Waals surface area contributed by atoms with Crippen LogP contribution in [0.15, 0.2) is 29.3 Å². The molecule has 1 amide bonds. The highest BCUT2D eigenvalue weighted by Crippen LogP contribution is 2.18. The fraction of sp³-hybridized carbons (Fsp3) is 0.636. The number of amides is 1. The Morgan fingerprint density at radius 1 is 1.27 bits per heavy atom. The number of aliphatic imine (C=N–C) groups is 1. The summed E-state index contributed by atoms with van der Waals surface area (Å²) in [5.74, 6) is 1.93. The van der Waals surface area contributed by atoms with E-state index >= 15 is 0 Å². The van der Waals surface area contributed by atoms with E-state index in [0.717, 1.165) is 49.7 Å². The molecule has 1 N–H and O–H groups in total. The number of aryl methyl sites for hydroxylation is 1. The van der Waals surface area contributed by atoms with Crippen LogP contribution in [0.3, 0.4) is 0 Å². The van der Waals surface area contributed by atoms with Crippen LogP contribution in [0.5, 0.6) is 5.75 Å². The van der Waals surface area contributed by atoms with Gasteiger partial charge in [-0.25, -0.2) is 4.99 Å². The molecule has 1 aromatic carbocycles. The first-order chi connectivity index (χ1) is 14.1. The van der Waals surface area contributed by atoms with Crippen molar-refractivity contribution in [3.63, 3.8) is 0 Å². The van der Waals surface area contributed by atoms with Gasteiger partial charge in [0.25, 0.3) is 5.91 Å². The number of carbonyl (C=O) groups is 1. The lowest BCUT2D eigenvalue weighted by atomic mass is 10.2. The third-order valence-electron chi connectivity index (χ3n) is 5.35. The van der Waals surface area contributed by atoms with Gasteiger partial charge in [-0.15, -0.1) is 24.0 Å². The minimum atomic E-state index is -0.233. The highest BCUT2D eigenvalue weighted by Gasteiger charge is 2.30. The third-order valence-corrected chi connectivity index (χ3v) is 5.35. The van der Waals surface area contributed by atoms with Crippen LogP contribution in [-0.4, -0.2) is 79.7 Å². The van der Waals surface area contributed by atoms with Gasteiger partial charge in [-0.05, 0) is 45.2 Å². The Hall–Kier alpha value is -1.55. The average molecular weight is 530 g/mol. The van der Waals surface area contributed by atoms with Gasteiger partial charge in [-0.1, -0.05) is 18.2 Å². The van der Waals surface area contributed by atoms with Gasteiger partial charge in [0.15, 0.2) is 5.96 Å². The van der Waals surface area contributed by atoms with Crippen LogP contribution in [0.2, 0.25) is 0 Å². The number of hydrogen-bond donors (Lipinski definition) is 1. The van der Waals surface area contributed by atoms with Crippen LogP contribution in [0.4, 0.5) is 0 Å². The molecule has 2 atom stereocenters. The maximum atomic E-state index is 12.5. The first-order valence-corrected chi connectivity index (χ1v) is 10.7. The number of nitrogens with zero attached hydrogens (tertiary/aromatic N) is 3. The smallest absolute Gasteiger partial charge is 0.251 e. The van der Waals surface area contributed by atoms with Crippen molar-refractivity contribution >= 4 is 35.8 Å². The molecule has 0 aliphatic carbocycles. The van der Waals surface area contributed by atoms with Crippen molar-refractivity contribution in [2.45, 2.75) is 45.8 Å². The van der Waals surface area contributed by atoms with Gasteiger partial charge in [-0.2, -0.15) is 0 Å². The number of benzene rings is 1. The summed E-state index contributed by atoms with van der Waals surface area (Å²) in [5.41, 5.74) is 1.13. The summed E-state index contributed by atoms with van der Waals surface area (Å²) in [6.45, 7) is 11.2. The quantitative estimate of drug-likeness (QED) is 0.348. The molecule has 7 nitrogen and oxygen atoms in total. The van der Waals surface area contributed by atoms with Crippen molar-refractivity contribution < 1.29 is 14.3 Å². The molecule has 2 aliphatic rings. The van der Waals surface area contributed by atoms with Gasteiger partial charge in [0.1, 0.15) is 18.0 Å². The fourth-order valence-corrected chi connectivity index (χ4v) is 3.70.